The van der Waals surface area contributed by atoms with Gasteiger partial charge in [0.05, 0.1) is 0 Å². The lowest BCUT2D eigenvalue weighted by Crippen LogP contribution is -2.45. The molecule has 1 rings (SSSR count). The minimum atomic E-state index is 0.314. The number of hydrogen-bond acceptors (Lipinski definition) is 2. The van der Waals surface area contributed by atoms with Gasteiger partial charge in [0.2, 0.25) is 0 Å². The van der Waals surface area contributed by atoms with Crippen molar-refractivity contribution in [1.82, 2.24) is 10.2 Å². The highest BCUT2D eigenvalue weighted by Gasteiger charge is 2.25. The molecule has 1 aliphatic heterocycles. The monoisotopic (exact) mass is 184 g/mol. The highest BCUT2D eigenvalue weighted by molar-refractivity contribution is 4.82. The van der Waals surface area contributed by atoms with Crippen molar-refractivity contribution in [2.45, 2.75) is 51.6 Å². The molecule has 2 nitrogen and oxygen atoms in total. The fourth-order valence-corrected chi connectivity index (χ4v) is 1.94. The molecular formula is C11H24N2. The molecule has 1 heterocycles. The minimum Gasteiger partial charge on any atom is -0.317 e. The van der Waals surface area contributed by atoms with E-state index in [1.807, 2.05) is 0 Å². The van der Waals surface area contributed by atoms with Crippen LogP contribution in [0, 0.1) is 0 Å². The van der Waals surface area contributed by atoms with Gasteiger partial charge in [-0.15, -0.1) is 0 Å². The lowest BCUT2D eigenvalue weighted by Gasteiger charge is -2.38. The molecule has 1 saturated heterocycles. The molecule has 0 aromatic carbocycles. The van der Waals surface area contributed by atoms with E-state index in [1.54, 1.807) is 0 Å². The van der Waals surface area contributed by atoms with Crippen LogP contribution >= 0.6 is 0 Å². The second kappa shape index (κ2) is 4.43. The van der Waals surface area contributed by atoms with Gasteiger partial charge in [-0.25, -0.2) is 0 Å². The van der Waals surface area contributed by atoms with Crippen LogP contribution < -0.4 is 5.32 Å². The van der Waals surface area contributed by atoms with Crippen LogP contribution in [-0.4, -0.2) is 36.6 Å². The second-order valence-corrected chi connectivity index (χ2v) is 5.12. The molecule has 0 saturated carbocycles. The van der Waals surface area contributed by atoms with Crippen LogP contribution in [0.4, 0.5) is 0 Å². The average Bonchev–Trinajstić information content (AvgIpc) is 2.28. The van der Waals surface area contributed by atoms with Gasteiger partial charge in [0.25, 0.3) is 0 Å². The summed E-state index contributed by atoms with van der Waals surface area (Å²) in [5.41, 5.74) is 0.314. The van der Waals surface area contributed by atoms with Gasteiger partial charge in [0.1, 0.15) is 0 Å². The van der Waals surface area contributed by atoms with Gasteiger partial charge in [-0.1, -0.05) is 0 Å². The van der Waals surface area contributed by atoms with Crippen LogP contribution in [0.2, 0.25) is 0 Å². The third kappa shape index (κ3) is 3.28. The zero-order valence-electron chi connectivity index (χ0n) is 9.56. The summed E-state index contributed by atoms with van der Waals surface area (Å²) in [6.07, 6.45) is 3.97. The Morgan fingerprint density at radius 1 is 1.15 bits per heavy atom. The van der Waals surface area contributed by atoms with Crippen LogP contribution in [0.5, 0.6) is 0 Å². The van der Waals surface area contributed by atoms with Crippen LogP contribution in [0.25, 0.3) is 0 Å². The molecule has 1 N–H and O–H groups in total. The molecule has 13 heavy (non-hydrogen) atoms. The van der Waals surface area contributed by atoms with Crippen molar-refractivity contribution in [1.29, 1.82) is 0 Å². The minimum absolute atomic E-state index is 0.314. The molecule has 0 spiro atoms. The summed E-state index contributed by atoms with van der Waals surface area (Å²) in [5.74, 6) is 0. The molecule has 1 atom stereocenters. The highest BCUT2D eigenvalue weighted by atomic mass is 15.2. The van der Waals surface area contributed by atoms with Crippen molar-refractivity contribution in [3.8, 4) is 0 Å². The van der Waals surface area contributed by atoms with Gasteiger partial charge in [-0.2, -0.15) is 0 Å². The van der Waals surface area contributed by atoms with Gasteiger partial charge in [-0.3, -0.25) is 4.90 Å². The molecule has 0 aliphatic carbocycles. The maximum atomic E-state index is 3.46. The van der Waals surface area contributed by atoms with E-state index >= 15 is 0 Å². The fraction of sp³-hybridized carbons (Fsp3) is 1.00. The Labute approximate surface area is 82.7 Å². The maximum absolute atomic E-state index is 3.46. The standard InChI is InChI=1S/C11H24N2/c1-11(2,3)13(4)10-6-5-8-12-9-7-10/h10,12H,5-9H2,1-4H3. The number of rotatable bonds is 1. The normalized spacial score (nSPS) is 26.1. The topological polar surface area (TPSA) is 15.3 Å². The number of hydrogen-bond donors (Lipinski definition) is 1. The molecule has 0 bridgehead atoms. The predicted octanol–water partition coefficient (Wildman–Crippen LogP) is 1.86. The van der Waals surface area contributed by atoms with E-state index in [2.05, 4.69) is 38.0 Å². The molecule has 1 unspecified atom stereocenters. The first-order chi connectivity index (χ1) is 6.02. The van der Waals surface area contributed by atoms with Crippen molar-refractivity contribution < 1.29 is 0 Å². The number of nitrogens with one attached hydrogen (secondary N) is 1. The van der Waals surface area contributed by atoms with Crippen molar-refractivity contribution in [3.05, 3.63) is 0 Å². The maximum Gasteiger partial charge on any atom is 0.0124 e. The summed E-state index contributed by atoms with van der Waals surface area (Å²) in [4.78, 5) is 2.53. The highest BCUT2D eigenvalue weighted by Crippen LogP contribution is 2.20. The van der Waals surface area contributed by atoms with Gasteiger partial charge >= 0.3 is 0 Å². The largest absolute Gasteiger partial charge is 0.317 e. The predicted molar refractivity (Wildman–Crippen MR) is 58.0 cm³/mol. The Hall–Kier alpha value is -0.0800. The SMILES string of the molecule is CN(C1CCCNCC1)C(C)(C)C. The van der Waals surface area contributed by atoms with Crippen molar-refractivity contribution in [2.24, 2.45) is 0 Å². The van der Waals surface area contributed by atoms with E-state index in [0.717, 1.165) is 6.04 Å². The molecule has 0 radical (unpaired) electrons. The van der Waals surface area contributed by atoms with E-state index in [9.17, 15) is 0 Å². The first-order valence-electron chi connectivity index (χ1n) is 5.45. The van der Waals surface area contributed by atoms with Crippen LogP contribution in [0.3, 0.4) is 0 Å². The summed E-state index contributed by atoms with van der Waals surface area (Å²) < 4.78 is 0. The smallest absolute Gasteiger partial charge is 0.0124 e. The Morgan fingerprint density at radius 2 is 1.85 bits per heavy atom. The van der Waals surface area contributed by atoms with Gasteiger partial charge in [-0.05, 0) is 60.2 Å². The molecule has 0 aromatic heterocycles. The summed E-state index contributed by atoms with van der Waals surface area (Å²) in [6.45, 7) is 9.28. The Morgan fingerprint density at radius 3 is 2.46 bits per heavy atom. The summed E-state index contributed by atoms with van der Waals surface area (Å²) in [7, 11) is 2.26. The van der Waals surface area contributed by atoms with Crippen molar-refractivity contribution >= 4 is 0 Å². The Balaban J connectivity index is 2.48. The summed E-state index contributed by atoms with van der Waals surface area (Å²) in [5, 5.41) is 3.46. The number of nitrogens with zero attached hydrogens (tertiary/aromatic N) is 1. The molecule has 0 aromatic rings. The van der Waals surface area contributed by atoms with E-state index in [0.29, 0.717) is 5.54 Å². The zero-order valence-corrected chi connectivity index (χ0v) is 9.56. The summed E-state index contributed by atoms with van der Waals surface area (Å²) in [6, 6.07) is 0.773. The van der Waals surface area contributed by atoms with Gasteiger partial charge < -0.3 is 5.32 Å². The van der Waals surface area contributed by atoms with E-state index in [1.165, 1.54) is 32.4 Å². The van der Waals surface area contributed by atoms with E-state index in [-0.39, 0.29) is 0 Å². The second-order valence-electron chi connectivity index (χ2n) is 5.12. The third-order valence-electron chi connectivity index (χ3n) is 3.15. The molecule has 0 amide bonds. The van der Waals surface area contributed by atoms with Crippen LogP contribution in [-0.2, 0) is 0 Å². The Bertz CT molecular complexity index is 141. The molecular weight excluding hydrogens is 160 g/mol. The van der Waals surface area contributed by atoms with Gasteiger partial charge in [0, 0.05) is 11.6 Å². The molecule has 78 valence electrons. The molecule has 2 heteroatoms. The fourth-order valence-electron chi connectivity index (χ4n) is 1.94. The quantitative estimate of drug-likeness (QED) is 0.669. The summed E-state index contributed by atoms with van der Waals surface area (Å²) >= 11 is 0. The van der Waals surface area contributed by atoms with Crippen LogP contribution in [0.15, 0.2) is 0 Å². The first-order valence-corrected chi connectivity index (χ1v) is 5.45. The Kier molecular flexibility index (Phi) is 3.74. The molecule has 1 fully saturated rings. The lowest BCUT2D eigenvalue weighted by atomic mass is 10.00. The van der Waals surface area contributed by atoms with Crippen molar-refractivity contribution in [2.75, 3.05) is 20.1 Å². The first kappa shape index (κ1) is 11.0. The lowest BCUT2D eigenvalue weighted by molar-refractivity contribution is 0.108. The van der Waals surface area contributed by atoms with Gasteiger partial charge in [0.15, 0.2) is 0 Å². The van der Waals surface area contributed by atoms with Crippen molar-refractivity contribution in [3.63, 3.8) is 0 Å². The average molecular weight is 184 g/mol. The zero-order chi connectivity index (χ0) is 9.90. The van der Waals surface area contributed by atoms with E-state index in [4.69, 9.17) is 0 Å². The molecule has 1 aliphatic rings. The van der Waals surface area contributed by atoms with E-state index < -0.39 is 0 Å². The third-order valence-corrected chi connectivity index (χ3v) is 3.15. The van der Waals surface area contributed by atoms with Crippen LogP contribution in [0.1, 0.15) is 40.0 Å².